The molecule has 3 nitrogen and oxygen atoms in total. The first-order chi connectivity index (χ1) is 11.3. The predicted molar refractivity (Wildman–Crippen MR) is 101 cm³/mol. The van der Waals surface area contributed by atoms with Crippen LogP contribution in [0.15, 0.2) is 52.9 Å². The van der Waals surface area contributed by atoms with Crippen LogP contribution in [0.4, 0.5) is 5.13 Å². The zero-order valence-corrected chi connectivity index (χ0v) is 14.4. The second-order valence-corrected chi connectivity index (χ2v) is 6.52. The molecule has 118 valence electrons. The summed E-state index contributed by atoms with van der Waals surface area (Å²) in [6, 6.07) is 14.8. The van der Waals surface area contributed by atoms with E-state index in [2.05, 4.69) is 77.2 Å². The molecule has 1 N–H and O–H groups in total. The Labute approximate surface area is 141 Å². The van der Waals surface area contributed by atoms with Gasteiger partial charge in [-0.1, -0.05) is 49.7 Å². The first kappa shape index (κ1) is 15.7. The summed E-state index contributed by atoms with van der Waals surface area (Å²) in [6.07, 6.45) is 3.40. The normalized spacial score (nSPS) is 11.8. The molecule has 23 heavy (non-hydrogen) atoms. The average Bonchev–Trinajstić information content (AvgIpc) is 3.06. The van der Waals surface area contributed by atoms with Crippen molar-refractivity contribution in [3.05, 3.63) is 47.8 Å². The third-order valence-electron chi connectivity index (χ3n) is 3.78. The first-order valence-corrected chi connectivity index (χ1v) is 8.88. The molecular weight excluding hydrogens is 302 g/mol. The van der Waals surface area contributed by atoms with Crippen LogP contribution in [0.3, 0.4) is 0 Å². The van der Waals surface area contributed by atoms with Gasteiger partial charge in [0.25, 0.3) is 0 Å². The van der Waals surface area contributed by atoms with Crippen LogP contribution in [-0.2, 0) is 0 Å². The number of thiazole rings is 1. The van der Waals surface area contributed by atoms with E-state index in [9.17, 15) is 0 Å². The van der Waals surface area contributed by atoms with Crippen molar-refractivity contribution < 1.29 is 0 Å². The molecule has 0 aliphatic heterocycles. The van der Waals surface area contributed by atoms with Crippen molar-refractivity contribution in [3.63, 3.8) is 0 Å². The molecule has 0 amide bonds. The fourth-order valence-corrected chi connectivity index (χ4v) is 3.10. The van der Waals surface area contributed by atoms with E-state index in [0.29, 0.717) is 0 Å². The van der Waals surface area contributed by atoms with Crippen molar-refractivity contribution in [1.29, 1.82) is 0 Å². The second-order valence-electron chi connectivity index (χ2n) is 5.66. The predicted octanol–water partition coefficient (Wildman–Crippen LogP) is 5.94. The van der Waals surface area contributed by atoms with Crippen LogP contribution in [0.1, 0.15) is 33.1 Å². The van der Waals surface area contributed by atoms with Crippen molar-refractivity contribution in [2.75, 3.05) is 5.43 Å². The number of nitrogens with one attached hydrogen (secondary N) is 1. The number of anilines is 1. The molecule has 0 radical (unpaired) electrons. The van der Waals surface area contributed by atoms with Crippen molar-refractivity contribution in [1.82, 2.24) is 4.98 Å². The van der Waals surface area contributed by atoms with E-state index in [1.54, 1.807) is 11.3 Å². The first-order valence-electron chi connectivity index (χ1n) is 8.00. The zero-order valence-electron chi connectivity index (χ0n) is 13.5. The lowest BCUT2D eigenvalue weighted by atomic mass is 10.1. The Hall–Kier alpha value is -2.20. The Bertz CT molecular complexity index is 820. The van der Waals surface area contributed by atoms with Crippen LogP contribution < -0.4 is 5.43 Å². The van der Waals surface area contributed by atoms with Crippen molar-refractivity contribution in [3.8, 4) is 11.3 Å². The highest BCUT2D eigenvalue weighted by Gasteiger charge is 2.05. The Morgan fingerprint density at radius 2 is 2.00 bits per heavy atom. The van der Waals surface area contributed by atoms with Gasteiger partial charge in [0.15, 0.2) is 0 Å². The van der Waals surface area contributed by atoms with Crippen LogP contribution in [0.2, 0.25) is 0 Å². The Kier molecular flexibility index (Phi) is 5.03. The van der Waals surface area contributed by atoms with Crippen molar-refractivity contribution >= 4 is 33.0 Å². The van der Waals surface area contributed by atoms with Crippen LogP contribution in [-0.4, -0.2) is 10.7 Å². The largest absolute Gasteiger partial charge is 0.253 e. The third-order valence-corrected chi connectivity index (χ3v) is 4.53. The number of rotatable bonds is 6. The van der Waals surface area contributed by atoms with Gasteiger partial charge in [0.2, 0.25) is 5.13 Å². The van der Waals surface area contributed by atoms with Gasteiger partial charge < -0.3 is 0 Å². The minimum absolute atomic E-state index is 0.837. The minimum Gasteiger partial charge on any atom is -0.253 e. The molecule has 1 heterocycles. The van der Waals surface area contributed by atoms with Gasteiger partial charge in [0.05, 0.1) is 5.69 Å². The van der Waals surface area contributed by atoms with Gasteiger partial charge in [-0.2, -0.15) is 5.10 Å². The Morgan fingerprint density at radius 3 is 2.83 bits per heavy atom. The quantitative estimate of drug-likeness (QED) is 0.450. The summed E-state index contributed by atoms with van der Waals surface area (Å²) in [4.78, 5) is 4.64. The smallest absolute Gasteiger partial charge is 0.203 e. The second kappa shape index (κ2) is 7.38. The van der Waals surface area contributed by atoms with E-state index in [1.807, 2.05) is 0 Å². The fourth-order valence-electron chi connectivity index (χ4n) is 2.44. The highest BCUT2D eigenvalue weighted by molar-refractivity contribution is 7.14. The maximum absolute atomic E-state index is 4.64. The van der Waals surface area contributed by atoms with Crippen LogP contribution >= 0.6 is 11.3 Å². The highest BCUT2D eigenvalue weighted by Crippen LogP contribution is 2.27. The van der Waals surface area contributed by atoms with Gasteiger partial charge in [0.1, 0.15) is 0 Å². The zero-order chi connectivity index (χ0) is 16.1. The maximum Gasteiger partial charge on any atom is 0.203 e. The topological polar surface area (TPSA) is 37.3 Å². The number of hydrogen-bond donors (Lipinski definition) is 1. The Morgan fingerprint density at radius 1 is 1.17 bits per heavy atom. The fraction of sp³-hybridized carbons (Fsp3) is 0.263. The van der Waals surface area contributed by atoms with Crippen LogP contribution in [0.25, 0.3) is 22.0 Å². The molecule has 0 spiro atoms. The summed E-state index contributed by atoms with van der Waals surface area (Å²) in [5.74, 6) is 0. The summed E-state index contributed by atoms with van der Waals surface area (Å²) in [5, 5.41) is 9.80. The lowest BCUT2D eigenvalue weighted by Gasteiger charge is -2.01. The number of hydrazone groups is 1. The SMILES string of the molecule is CCCC/C(C)=N/Nc1nc(-c2ccc3ccccc3c2)cs1. The van der Waals surface area contributed by atoms with Gasteiger partial charge in [-0.25, -0.2) is 4.98 Å². The Balaban J connectivity index is 1.75. The molecule has 0 unspecified atom stereocenters. The average molecular weight is 323 g/mol. The molecule has 0 saturated carbocycles. The molecule has 0 fully saturated rings. The van der Waals surface area contributed by atoms with Gasteiger partial charge in [-0.3, -0.25) is 5.43 Å². The molecule has 4 heteroatoms. The molecule has 0 aliphatic rings. The maximum atomic E-state index is 4.64. The van der Waals surface area contributed by atoms with Gasteiger partial charge in [-0.05, 0) is 36.6 Å². The lowest BCUT2D eigenvalue weighted by molar-refractivity contribution is 0.832. The van der Waals surface area contributed by atoms with Gasteiger partial charge in [0, 0.05) is 16.7 Å². The van der Waals surface area contributed by atoms with Crippen molar-refractivity contribution in [2.45, 2.75) is 33.1 Å². The molecule has 0 saturated heterocycles. The van der Waals surface area contributed by atoms with E-state index in [0.717, 1.165) is 28.5 Å². The summed E-state index contributed by atoms with van der Waals surface area (Å²) >= 11 is 1.59. The summed E-state index contributed by atoms with van der Waals surface area (Å²) in [6.45, 7) is 4.25. The third kappa shape index (κ3) is 3.96. The summed E-state index contributed by atoms with van der Waals surface area (Å²) < 4.78 is 0. The van der Waals surface area contributed by atoms with E-state index >= 15 is 0 Å². The van der Waals surface area contributed by atoms with E-state index in [-0.39, 0.29) is 0 Å². The number of hydrogen-bond acceptors (Lipinski definition) is 4. The molecular formula is C19H21N3S. The van der Waals surface area contributed by atoms with E-state index in [4.69, 9.17) is 0 Å². The molecule has 0 aliphatic carbocycles. The minimum atomic E-state index is 0.837. The van der Waals surface area contributed by atoms with E-state index in [1.165, 1.54) is 23.6 Å². The molecule has 2 aromatic carbocycles. The number of fused-ring (bicyclic) bond motifs is 1. The lowest BCUT2D eigenvalue weighted by Crippen LogP contribution is -1.97. The highest BCUT2D eigenvalue weighted by atomic mass is 32.1. The number of nitrogens with zero attached hydrogens (tertiary/aromatic N) is 2. The standard InChI is InChI=1S/C19H21N3S/c1-3-4-7-14(2)21-22-19-20-18(13-23-19)17-11-10-15-8-5-6-9-16(15)12-17/h5-6,8-13H,3-4,7H2,1-2H3,(H,20,22)/b21-14+. The summed E-state index contributed by atoms with van der Waals surface area (Å²) in [7, 11) is 0. The molecule has 1 aromatic heterocycles. The van der Waals surface area contributed by atoms with Crippen LogP contribution in [0, 0.1) is 0 Å². The van der Waals surface area contributed by atoms with Gasteiger partial charge in [-0.15, -0.1) is 11.3 Å². The van der Waals surface area contributed by atoms with Crippen LogP contribution in [0.5, 0.6) is 0 Å². The molecule has 0 bridgehead atoms. The number of benzene rings is 2. The van der Waals surface area contributed by atoms with Gasteiger partial charge >= 0.3 is 0 Å². The number of aromatic nitrogens is 1. The molecule has 3 aromatic rings. The number of unbranched alkanes of at least 4 members (excludes halogenated alkanes) is 1. The van der Waals surface area contributed by atoms with Crippen molar-refractivity contribution in [2.24, 2.45) is 5.10 Å². The van der Waals surface area contributed by atoms with E-state index < -0.39 is 0 Å². The monoisotopic (exact) mass is 323 g/mol. The molecule has 3 rings (SSSR count). The summed E-state index contributed by atoms with van der Waals surface area (Å²) in [5.41, 5.74) is 6.32. The molecule has 0 atom stereocenters.